The first kappa shape index (κ1) is 7.44. The molecule has 0 radical (unpaired) electrons. The predicted octanol–water partition coefficient (Wildman–Crippen LogP) is 1.60. The number of allylic oxidation sites excluding steroid dienone is 1. The Morgan fingerprint density at radius 2 is 2.38 bits per heavy atom. The highest BCUT2D eigenvalue weighted by Gasteiger charge is 1.85. The van der Waals surface area contributed by atoms with E-state index in [1.54, 1.807) is 6.21 Å². The molecule has 1 heterocycles. The third-order valence-electron chi connectivity index (χ3n) is 0.818. The van der Waals surface area contributed by atoms with E-state index < -0.39 is 0 Å². The fourth-order valence-corrected chi connectivity index (χ4v) is 0.463. The van der Waals surface area contributed by atoms with Gasteiger partial charge in [0.1, 0.15) is 0 Å². The van der Waals surface area contributed by atoms with Crippen molar-refractivity contribution in [1.82, 2.24) is 0 Å². The van der Waals surface area contributed by atoms with Gasteiger partial charge in [-0.1, -0.05) is 12.7 Å². The first-order valence-electron chi connectivity index (χ1n) is 2.24. The Labute approximate surface area is 55.2 Å². The highest BCUT2D eigenvalue weighted by atomic mass is 35.5. The van der Waals surface area contributed by atoms with Crippen LogP contribution < -0.4 is 0 Å². The van der Waals surface area contributed by atoms with Gasteiger partial charge in [0.2, 0.25) is 0 Å². The van der Waals surface area contributed by atoms with E-state index in [2.05, 4.69) is 11.6 Å². The lowest BCUT2D eigenvalue weighted by molar-refractivity contribution is 1.19. The monoisotopic (exact) mass is 129 g/mol. The molecule has 0 N–H and O–H groups in total. The zero-order valence-corrected chi connectivity index (χ0v) is 5.32. The second kappa shape index (κ2) is 3.44. The maximum atomic E-state index is 3.95. The van der Waals surface area contributed by atoms with Gasteiger partial charge in [-0.2, -0.15) is 0 Å². The maximum Gasteiger partial charge on any atom is 0.0634 e. The first-order chi connectivity index (χ1) is 3.39. The molecule has 0 aromatic heterocycles. The Morgan fingerprint density at radius 3 is 2.62 bits per heavy atom. The molecule has 8 heavy (non-hydrogen) atoms. The molecule has 0 aromatic rings. The van der Waals surface area contributed by atoms with E-state index in [1.165, 1.54) is 0 Å². The summed E-state index contributed by atoms with van der Waals surface area (Å²) in [5, 5.41) is 0. The van der Waals surface area contributed by atoms with E-state index in [9.17, 15) is 0 Å². The summed E-state index contributed by atoms with van der Waals surface area (Å²) >= 11 is 0. The number of hydrogen-bond donors (Lipinski definition) is 0. The Bertz CT molecular complexity index is 135. The molecule has 0 fully saturated rings. The Balaban J connectivity index is 0.000000490. The van der Waals surface area contributed by atoms with Crippen molar-refractivity contribution in [2.24, 2.45) is 4.99 Å². The SMILES string of the molecule is C=C1C=CC=NC1.Cl. The van der Waals surface area contributed by atoms with Gasteiger partial charge in [-0.05, 0) is 11.6 Å². The topological polar surface area (TPSA) is 12.4 Å². The molecule has 0 spiro atoms. The summed E-state index contributed by atoms with van der Waals surface area (Å²) in [6.45, 7) is 4.49. The quantitative estimate of drug-likeness (QED) is 0.471. The molecule has 0 bridgehead atoms. The van der Waals surface area contributed by atoms with Crippen LogP contribution in [0.15, 0.2) is 29.3 Å². The molecule has 1 nitrogen and oxygen atoms in total. The normalized spacial score (nSPS) is 15.8. The first-order valence-corrected chi connectivity index (χ1v) is 2.24. The summed E-state index contributed by atoms with van der Waals surface area (Å²) in [6.07, 6.45) is 5.65. The summed E-state index contributed by atoms with van der Waals surface area (Å²) in [6, 6.07) is 0. The average Bonchev–Trinajstić information content (AvgIpc) is 1.69. The number of rotatable bonds is 0. The lowest BCUT2D eigenvalue weighted by Gasteiger charge is -1.94. The van der Waals surface area contributed by atoms with Crippen LogP contribution >= 0.6 is 12.4 Å². The van der Waals surface area contributed by atoms with Gasteiger partial charge >= 0.3 is 0 Å². The molecular formula is C6H8ClN. The highest BCUT2D eigenvalue weighted by molar-refractivity contribution is 5.85. The van der Waals surface area contributed by atoms with E-state index in [0.29, 0.717) is 0 Å². The number of halogens is 1. The van der Waals surface area contributed by atoms with E-state index >= 15 is 0 Å². The van der Waals surface area contributed by atoms with E-state index in [-0.39, 0.29) is 12.4 Å². The summed E-state index contributed by atoms with van der Waals surface area (Å²) in [5.74, 6) is 0. The molecule has 0 aliphatic carbocycles. The maximum absolute atomic E-state index is 3.95. The minimum Gasteiger partial charge on any atom is -0.288 e. The molecule has 0 unspecified atom stereocenters. The van der Waals surface area contributed by atoms with Crippen molar-refractivity contribution in [3.05, 3.63) is 24.3 Å². The van der Waals surface area contributed by atoms with Crippen LogP contribution in [0.5, 0.6) is 0 Å². The van der Waals surface area contributed by atoms with Crippen molar-refractivity contribution in [3.63, 3.8) is 0 Å². The molecule has 44 valence electrons. The molecule has 0 saturated carbocycles. The van der Waals surface area contributed by atoms with Gasteiger partial charge in [0.05, 0.1) is 6.54 Å². The minimum absolute atomic E-state index is 0. The fourth-order valence-electron chi connectivity index (χ4n) is 0.463. The predicted molar refractivity (Wildman–Crippen MR) is 38.9 cm³/mol. The van der Waals surface area contributed by atoms with Crippen molar-refractivity contribution in [1.29, 1.82) is 0 Å². The molecule has 0 saturated heterocycles. The van der Waals surface area contributed by atoms with Crippen molar-refractivity contribution >= 4 is 18.6 Å². The van der Waals surface area contributed by atoms with Gasteiger partial charge in [0.25, 0.3) is 0 Å². The van der Waals surface area contributed by atoms with Gasteiger partial charge in [-0.25, -0.2) is 0 Å². The Morgan fingerprint density at radius 1 is 1.62 bits per heavy atom. The molecule has 1 aliphatic rings. The second-order valence-corrected chi connectivity index (χ2v) is 1.51. The Hall–Kier alpha value is -0.560. The van der Waals surface area contributed by atoms with Crippen molar-refractivity contribution in [3.8, 4) is 0 Å². The van der Waals surface area contributed by atoms with Crippen LogP contribution in [0.3, 0.4) is 0 Å². The molecular weight excluding hydrogens is 122 g/mol. The summed E-state index contributed by atoms with van der Waals surface area (Å²) in [5.41, 5.74) is 1.09. The third kappa shape index (κ3) is 1.94. The summed E-state index contributed by atoms with van der Waals surface area (Å²) in [7, 11) is 0. The zero-order valence-electron chi connectivity index (χ0n) is 4.50. The largest absolute Gasteiger partial charge is 0.288 e. The molecule has 0 amide bonds. The Kier molecular flexibility index (Phi) is 3.20. The number of dihydropyridines is 1. The lowest BCUT2D eigenvalue weighted by atomic mass is 10.2. The average molecular weight is 130 g/mol. The van der Waals surface area contributed by atoms with Gasteiger partial charge < -0.3 is 0 Å². The molecule has 2 heteroatoms. The van der Waals surface area contributed by atoms with Crippen LogP contribution in [0.1, 0.15) is 0 Å². The second-order valence-electron chi connectivity index (χ2n) is 1.51. The van der Waals surface area contributed by atoms with Crippen LogP contribution in [0.25, 0.3) is 0 Å². The lowest BCUT2D eigenvalue weighted by Crippen LogP contribution is -1.86. The van der Waals surface area contributed by atoms with Gasteiger partial charge in [-0.15, -0.1) is 12.4 Å². The van der Waals surface area contributed by atoms with Gasteiger partial charge in [0, 0.05) is 6.21 Å². The van der Waals surface area contributed by atoms with Crippen LogP contribution in [-0.2, 0) is 0 Å². The van der Waals surface area contributed by atoms with Crippen molar-refractivity contribution in [2.45, 2.75) is 0 Å². The van der Waals surface area contributed by atoms with Gasteiger partial charge in [0.15, 0.2) is 0 Å². The van der Waals surface area contributed by atoms with Gasteiger partial charge in [-0.3, -0.25) is 4.99 Å². The van der Waals surface area contributed by atoms with Crippen LogP contribution in [0.4, 0.5) is 0 Å². The molecule has 0 aromatic carbocycles. The summed E-state index contributed by atoms with van der Waals surface area (Å²) < 4.78 is 0. The van der Waals surface area contributed by atoms with E-state index in [1.807, 2.05) is 12.2 Å². The molecule has 1 rings (SSSR count). The van der Waals surface area contributed by atoms with E-state index in [0.717, 1.165) is 12.1 Å². The fraction of sp³-hybridized carbons (Fsp3) is 0.167. The zero-order chi connectivity index (χ0) is 5.11. The standard InChI is InChI=1S/C6H7N.ClH/c1-6-3-2-4-7-5-6;/h2-4H,1,5H2;1H. The highest BCUT2D eigenvalue weighted by Crippen LogP contribution is 1.95. The number of hydrogen-bond acceptors (Lipinski definition) is 1. The minimum atomic E-state index is 0. The number of nitrogens with zero attached hydrogens (tertiary/aromatic N) is 1. The van der Waals surface area contributed by atoms with Crippen molar-refractivity contribution in [2.75, 3.05) is 6.54 Å². The van der Waals surface area contributed by atoms with Crippen LogP contribution in [-0.4, -0.2) is 12.8 Å². The molecule has 0 atom stereocenters. The third-order valence-corrected chi connectivity index (χ3v) is 0.818. The summed E-state index contributed by atoms with van der Waals surface area (Å²) in [4.78, 5) is 3.95. The van der Waals surface area contributed by atoms with E-state index in [4.69, 9.17) is 0 Å². The van der Waals surface area contributed by atoms with Crippen molar-refractivity contribution < 1.29 is 0 Å². The number of aliphatic imine (C=N–C) groups is 1. The van der Waals surface area contributed by atoms with Crippen LogP contribution in [0.2, 0.25) is 0 Å². The smallest absolute Gasteiger partial charge is 0.0634 e. The molecule has 1 aliphatic heterocycles. The van der Waals surface area contributed by atoms with Crippen LogP contribution in [0, 0.1) is 0 Å².